The van der Waals surface area contributed by atoms with E-state index in [0.717, 1.165) is 0 Å². The minimum Gasteiger partial charge on any atom is -0.481 e. The zero-order chi connectivity index (χ0) is 31.6. The summed E-state index contributed by atoms with van der Waals surface area (Å²) in [6, 6.07) is -1.93. The number of quaternary nitrogens is 1. The van der Waals surface area contributed by atoms with Crippen LogP contribution < -0.4 is 27.4 Å². The van der Waals surface area contributed by atoms with Crippen LogP contribution in [0, 0.1) is 5.92 Å². The molecule has 0 rings (SSSR count). The van der Waals surface area contributed by atoms with Crippen molar-refractivity contribution in [2.24, 2.45) is 22.4 Å². The van der Waals surface area contributed by atoms with E-state index in [0.29, 0.717) is 50.0 Å². The molecule has 0 spiro atoms. The molecule has 0 aliphatic rings. The third-order valence-electron chi connectivity index (χ3n) is 5.78. The maximum Gasteiger partial charge on any atom is 0.305 e. The fraction of sp³-hybridized carbons (Fsp3) is 0.815. The minimum atomic E-state index is -1.02. The molecule has 238 valence electrons. The van der Waals surface area contributed by atoms with E-state index < -0.39 is 48.1 Å². The van der Waals surface area contributed by atoms with Crippen molar-refractivity contribution < 1.29 is 38.2 Å². The summed E-state index contributed by atoms with van der Waals surface area (Å²) in [6.07, 6.45) is 0.203. The Hall–Kier alpha value is -2.97. The molecule has 0 aromatic heterocycles. The normalized spacial score (nSPS) is 13.8. The second-order valence-electron chi connectivity index (χ2n) is 11.4. The lowest BCUT2D eigenvalue weighted by Gasteiger charge is -2.30. The number of hydrogen-bond acceptors (Lipinski definition) is 7. The molecule has 0 aliphatic carbocycles. The quantitative estimate of drug-likeness (QED) is 0.0328. The minimum absolute atomic E-state index is 0.0177. The molecule has 14 heteroatoms. The molecule has 0 fully saturated rings. The summed E-state index contributed by atoms with van der Waals surface area (Å²) < 4.78 is 11.9. The number of guanidine groups is 1. The van der Waals surface area contributed by atoms with Crippen LogP contribution in [0.5, 0.6) is 0 Å². The smallest absolute Gasteiger partial charge is 0.305 e. The van der Waals surface area contributed by atoms with E-state index in [9.17, 15) is 24.3 Å². The van der Waals surface area contributed by atoms with Gasteiger partial charge in [0.15, 0.2) is 12.2 Å². The molecule has 14 nitrogen and oxygen atoms in total. The molecule has 0 aromatic rings. The molecule has 8 N–H and O–H groups in total. The molecule has 0 radical (unpaired) electrons. The van der Waals surface area contributed by atoms with Crippen molar-refractivity contribution in [3.8, 4) is 0 Å². The zero-order valence-electron chi connectivity index (χ0n) is 25.9. The van der Waals surface area contributed by atoms with Gasteiger partial charge in [-0.2, -0.15) is 0 Å². The van der Waals surface area contributed by atoms with E-state index in [1.165, 1.54) is 0 Å². The third kappa shape index (κ3) is 19.7. The van der Waals surface area contributed by atoms with E-state index in [2.05, 4.69) is 20.9 Å². The highest BCUT2D eigenvalue weighted by Gasteiger charge is 2.29. The molecule has 0 aromatic carbocycles. The highest BCUT2D eigenvalue weighted by molar-refractivity contribution is 5.89. The molecule has 0 saturated heterocycles. The van der Waals surface area contributed by atoms with Crippen LogP contribution in [0.25, 0.3) is 0 Å². The van der Waals surface area contributed by atoms with Crippen molar-refractivity contribution in [3.63, 3.8) is 0 Å². The SMILES string of the molecule is CCOC(OCC)[C@H](CCCN=C(N)N)NC(=O)[C@H](CC(C)C)NC(=O)CCC(=O)N[C@H](CC(=O)O)C[N+](C)(C)C. The Balaban J connectivity index is 5.36. The van der Waals surface area contributed by atoms with Crippen molar-refractivity contribution in [1.82, 2.24) is 16.0 Å². The monoisotopic (exact) mass is 588 g/mol. The Morgan fingerprint density at radius 1 is 0.927 bits per heavy atom. The van der Waals surface area contributed by atoms with Crippen LogP contribution in [0.3, 0.4) is 0 Å². The number of ether oxygens (including phenoxy) is 2. The first-order chi connectivity index (χ1) is 19.1. The van der Waals surface area contributed by atoms with Gasteiger partial charge >= 0.3 is 5.97 Å². The van der Waals surface area contributed by atoms with Gasteiger partial charge in [0.25, 0.3) is 0 Å². The summed E-state index contributed by atoms with van der Waals surface area (Å²) in [5, 5.41) is 17.6. The number of nitrogens with zero attached hydrogens (tertiary/aromatic N) is 2. The third-order valence-corrected chi connectivity index (χ3v) is 5.78. The van der Waals surface area contributed by atoms with Crippen molar-refractivity contribution in [3.05, 3.63) is 0 Å². The van der Waals surface area contributed by atoms with Crippen LogP contribution in [0.2, 0.25) is 0 Å². The van der Waals surface area contributed by atoms with Crippen molar-refractivity contribution in [1.29, 1.82) is 0 Å². The van der Waals surface area contributed by atoms with Crippen molar-refractivity contribution in [2.75, 3.05) is 47.4 Å². The molecule has 0 unspecified atom stereocenters. The summed E-state index contributed by atoms with van der Waals surface area (Å²) in [6.45, 7) is 9.07. The lowest BCUT2D eigenvalue weighted by atomic mass is 10.0. The lowest BCUT2D eigenvalue weighted by Crippen LogP contribution is -2.54. The fourth-order valence-corrected chi connectivity index (χ4v) is 4.22. The highest BCUT2D eigenvalue weighted by atomic mass is 16.7. The maximum atomic E-state index is 13.4. The topological polar surface area (TPSA) is 207 Å². The number of nitrogens with two attached hydrogens (primary N) is 2. The zero-order valence-corrected chi connectivity index (χ0v) is 25.9. The van der Waals surface area contributed by atoms with Crippen LogP contribution in [0.4, 0.5) is 0 Å². The first kappa shape index (κ1) is 38.0. The molecule has 0 heterocycles. The second-order valence-corrected chi connectivity index (χ2v) is 11.4. The number of carbonyl (C=O) groups is 4. The van der Waals surface area contributed by atoms with Crippen LogP contribution in [0.15, 0.2) is 4.99 Å². The van der Waals surface area contributed by atoms with E-state index >= 15 is 0 Å². The Kier molecular flexibility index (Phi) is 18.5. The fourth-order valence-electron chi connectivity index (χ4n) is 4.22. The van der Waals surface area contributed by atoms with Crippen molar-refractivity contribution >= 4 is 29.7 Å². The van der Waals surface area contributed by atoms with Gasteiger partial charge in [-0.3, -0.25) is 24.2 Å². The summed E-state index contributed by atoms with van der Waals surface area (Å²) in [5.41, 5.74) is 10.8. The number of carbonyl (C=O) groups excluding carboxylic acids is 3. The summed E-state index contributed by atoms with van der Waals surface area (Å²) in [4.78, 5) is 53.8. The Labute approximate surface area is 244 Å². The first-order valence-electron chi connectivity index (χ1n) is 14.3. The number of nitrogens with one attached hydrogen (secondary N) is 3. The van der Waals surface area contributed by atoms with Gasteiger partial charge in [0.05, 0.1) is 46.2 Å². The lowest BCUT2D eigenvalue weighted by molar-refractivity contribution is -0.871. The summed E-state index contributed by atoms with van der Waals surface area (Å²) in [7, 11) is 5.69. The van der Waals surface area contributed by atoms with Gasteiger partial charge in [0.2, 0.25) is 17.7 Å². The number of likely N-dealkylation sites (N-methyl/N-ethyl adjacent to an activating group) is 1. The molecule has 41 heavy (non-hydrogen) atoms. The van der Waals surface area contributed by atoms with Gasteiger partial charge in [0.1, 0.15) is 6.04 Å². The Morgan fingerprint density at radius 2 is 1.49 bits per heavy atom. The van der Waals surface area contributed by atoms with Gasteiger partial charge in [0, 0.05) is 32.6 Å². The molecular weight excluding hydrogens is 534 g/mol. The van der Waals surface area contributed by atoms with E-state index in [-0.39, 0.29) is 31.1 Å². The van der Waals surface area contributed by atoms with Crippen LogP contribution in [-0.4, -0.2) is 111 Å². The standard InChI is InChI=1S/C27H53N7O7/c1-8-40-26(41-9-2)20(11-10-14-30-27(28)29)33-25(39)21(15-18(3)4)32-23(36)13-12-22(35)31-19(16-24(37)38)17-34(5,6)7/h18-21,26H,8-17H2,1-7H3,(H7-,28,29,30,31,32,33,35,36,37,38,39)/p+1/t19-,20+,21+/m1/s1. The number of carboxylic acid groups (broad SMARTS) is 1. The molecule has 0 aliphatic heterocycles. The van der Waals surface area contributed by atoms with Crippen LogP contribution in [0.1, 0.15) is 66.2 Å². The first-order valence-corrected chi connectivity index (χ1v) is 14.3. The van der Waals surface area contributed by atoms with Gasteiger partial charge in [-0.1, -0.05) is 13.8 Å². The number of amides is 3. The van der Waals surface area contributed by atoms with E-state index in [1.54, 1.807) is 0 Å². The number of aliphatic carboxylic acids is 1. The highest BCUT2D eigenvalue weighted by Crippen LogP contribution is 2.12. The van der Waals surface area contributed by atoms with Gasteiger partial charge < -0.3 is 46.5 Å². The number of carboxylic acids is 1. The molecule has 3 amide bonds. The molecule has 0 bridgehead atoms. The number of hydrogen-bond donors (Lipinski definition) is 6. The molecule has 0 saturated carbocycles. The molecular formula is C27H54N7O7+. The number of aliphatic imine (C=N–C) groups is 1. The molecule has 3 atom stereocenters. The summed E-state index contributed by atoms with van der Waals surface area (Å²) >= 11 is 0. The predicted molar refractivity (Wildman–Crippen MR) is 157 cm³/mol. The number of rotatable bonds is 22. The van der Waals surface area contributed by atoms with Gasteiger partial charge in [-0.25, -0.2) is 0 Å². The summed E-state index contributed by atoms with van der Waals surface area (Å²) in [5.74, 6) is -2.22. The Bertz CT molecular complexity index is 836. The van der Waals surface area contributed by atoms with Crippen LogP contribution >= 0.6 is 0 Å². The van der Waals surface area contributed by atoms with E-state index in [4.69, 9.17) is 20.9 Å². The van der Waals surface area contributed by atoms with Gasteiger partial charge in [-0.05, 0) is 39.0 Å². The van der Waals surface area contributed by atoms with Crippen LogP contribution in [-0.2, 0) is 28.7 Å². The average Bonchev–Trinajstić information content (AvgIpc) is 2.82. The maximum absolute atomic E-state index is 13.4. The largest absolute Gasteiger partial charge is 0.481 e. The Morgan fingerprint density at radius 3 is 1.95 bits per heavy atom. The van der Waals surface area contributed by atoms with E-state index in [1.807, 2.05) is 48.8 Å². The predicted octanol–water partition coefficient (Wildman–Crippen LogP) is -0.0993. The van der Waals surface area contributed by atoms with Gasteiger partial charge in [-0.15, -0.1) is 0 Å². The second kappa shape index (κ2) is 20.0. The van der Waals surface area contributed by atoms with Crippen molar-refractivity contribution in [2.45, 2.75) is 90.6 Å². The average molecular weight is 589 g/mol.